The largest absolute Gasteiger partial charge is 0.459 e. The molecule has 0 aromatic heterocycles. The maximum absolute atomic E-state index is 11.6. The highest BCUT2D eigenvalue weighted by atomic mass is 16.6. The normalized spacial score (nSPS) is 44.2. The van der Waals surface area contributed by atoms with E-state index in [1.54, 1.807) is 0 Å². The summed E-state index contributed by atoms with van der Waals surface area (Å²) < 4.78 is 5.44. The SMILES string of the molecule is CC1(C)C(=O)O[C@@]2(C)CC[C@@H]1C2. The molecule has 1 saturated heterocycles. The van der Waals surface area contributed by atoms with Gasteiger partial charge in [0.15, 0.2) is 0 Å². The van der Waals surface area contributed by atoms with Crippen LogP contribution in [-0.2, 0) is 9.53 Å². The van der Waals surface area contributed by atoms with Crippen molar-refractivity contribution in [2.75, 3.05) is 0 Å². The first-order chi connectivity index (χ1) is 5.44. The molecule has 0 N–H and O–H groups in total. The zero-order valence-corrected chi connectivity index (χ0v) is 8.02. The molecule has 2 aliphatic rings. The fourth-order valence-electron chi connectivity index (χ4n) is 2.44. The van der Waals surface area contributed by atoms with Crippen LogP contribution in [0.15, 0.2) is 0 Å². The van der Waals surface area contributed by atoms with E-state index in [1.165, 1.54) is 0 Å². The van der Waals surface area contributed by atoms with Crippen LogP contribution >= 0.6 is 0 Å². The first-order valence-corrected chi connectivity index (χ1v) is 4.67. The third-order valence-corrected chi connectivity index (χ3v) is 3.59. The lowest BCUT2D eigenvalue weighted by Gasteiger charge is -2.38. The van der Waals surface area contributed by atoms with Crippen molar-refractivity contribution in [3.8, 4) is 0 Å². The molecular weight excluding hydrogens is 152 g/mol. The summed E-state index contributed by atoms with van der Waals surface area (Å²) in [7, 11) is 0. The summed E-state index contributed by atoms with van der Waals surface area (Å²) in [6.45, 7) is 6.07. The lowest BCUT2D eigenvalue weighted by atomic mass is 9.75. The quantitative estimate of drug-likeness (QED) is 0.518. The predicted molar refractivity (Wildman–Crippen MR) is 45.6 cm³/mol. The molecule has 12 heavy (non-hydrogen) atoms. The van der Waals surface area contributed by atoms with Crippen molar-refractivity contribution in [3.05, 3.63) is 0 Å². The van der Waals surface area contributed by atoms with Gasteiger partial charge in [0, 0.05) is 0 Å². The van der Waals surface area contributed by atoms with Crippen LogP contribution in [0.1, 0.15) is 40.0 Å². The molecule has 1 heterocycles. The zero-order chi connectivity index (χ0) is 8.98. The first-order valence-electron chi connectivity index (χ1n) is 4.67. The van der Waals surface area contributed by atoms with Gasteiger partial charge in [-0.15, -0.1) is 0 Å². The van der Waals surface area contributed by atoms with Gasteiger partial charge in [-0.3, -0.25) is 4.79 Å². The van der Waals surface area contributed by atoms with Gasteiger partial charge >= 0.3 is 5.97 Å². The van der Waals surface area contributed by atoms with E-state index in [1.807, 2.05) is 13.8 Å². The maximum Gasteiger partial charge on any atom is 0.312 e. The lowest BCUT2D eigenvalue weighted by Crippen LogP contribution is -2.44. The Balaban J connectivity index is 2.32. The predicted octanol–water partition coefficient (Wildman–Crippen LogP) is 2.13. The number of rotatable bonds is 0. The molecule has 68 valence electrons. The van der Waals surface area contributed by atoms with Crippen LogP contribution < -0.4 is 0 Å². The number of carbonyl (C=O) groups excluding carboxylic acids is 1. The van der Waals surface area contributed by atoms with Crippen molar-refractivity contribution >= 4 is 5.97 Å². The van der Waals surface area contributed by atoms with E-state index < -0.39 is 0 Å². The van der Waals surface area contributed by atoms with Crippen molar-refractivity contribution in [1.82, 2.24) is 0 Å². The van der Waals surface area contributed by atoms with Crippen LogP contribution in [0, 0.1) is 11.3 Å². The Hall–Kier alpha value is -0.530. The minimum absolute atomic E-state index is 0.00116. The number of carbonyl (C=O) groups is 1. The second-order valence-corrected chi connectivity index (χ2v) is 5.00. The summed E-state index contributed by atoms with van der Waals surface area (Å²) in [6, 6.07) is 0. The van der Waals surface area contributed by atoms with Crippen LogP contribution in [0.3, 0.4) is 0 Å². The topological polar surface area (TPSA) is 26.3 Å². The van der Waals surface area contributed by atoms with Crippen LogP contribution in [0.2, 0.25) is 0 Å². The second-order valence-electron chi connectivity index (χ2n) is 5.00. The third-order valence-electron chi connectivity index (χ3n) is 3.59. The van der Waals surface area contributed by atoms with E-state index in [4.69, 9.17) is 4.74 Å². The average molecular weight is 168 g/mol. The van der Waals surface area contributed by atoms with Crippen molar-refractivity contribution in [2.24, 2.45) is 11.3 Å². The van der Waals surface area contributed by atoms with E-state index in [9.17, 15) is 4.79 Å². The number of ether oxygens (including phenoxy) is 1. The minimum atomic E-state index is -0.240. The number of hydrogen-bond donors (Lipinski definition) is 0. The highest BCUT2D eigenvalue weighted by Crippen LogP contribution is 2.51. The number of hydrogen-bond acceptors (Lipinski definition) is 2. The first kappa shape index (κ1) is 8.09. The molecule has 2 nitrogen and oxygen atoms in total. The second kappa shape index (κ2) is 2.04. The molecule has 1 aliphatic heterocycles. The molecule has 2 heteroatoms. The van der Waals surface area contributed by atoms with Gasteiger partial charge in [-0.1, -0.05) is 0 Å². The molecule has 2 rings (SSSR count). The monoisotopic (exact) mass is 168 g/mol. The van der Waals surface area contributed by atoms with Crippen LogP contribution in [0.25, 0.3) is 0 Å². The molecular formula is C10H16O2. The standard InChI is InChI=1S/C10H16O2/c1-9(2)7-4-5-10(3,6-7)12-8(9)11/h7H,4-6H2,1-3H3/t7-,10+/m1/s1. The number of fused-ring (bicyclic) bond motifs is 2. The molecule has 1 saturated carbocycles. The van der Waals surface area contributed by atoms with Gasteiger partial charge in [-0.25, -0.2) is 0 Å². The van der Waals surface area contributed by atoms with Crippen molar-refractivity contribution < 1.29 is 9.53 Å². The number of esters is 1. The molecule has 2 fully saturated rings. The van der Waals surface area contributed by atoms with Gasteiger partial charge in [0.05, 0.1) is 5.41 Å². The Kier molecular flexibility index (Phi) is 1.37. The van der Waals surface area contributed by atoms with Crippen LogP contribution in [0.5, 0.6) is 0 Å². The van der Waals surface area contributed by atoms with Gasteiger partial charge in [0.2, 0.25) is 0 Å². The fourth-order valence-corrected chi connectivity index (χ4v) is 2.44. The molecule has 2 atom stereocenters. The van der Waals surface area contributed by atoms with E-state index in [2.05, 4.69) is 6.92 Å². The summed E-state index contributed by atoms with van der Waals surface area (Å²) in [4.78, 5) is 11.6. The Morgan fingerprint density at radius 1 is 1.42 bits per heavy atom. The van der Waals surface area contributed by atoms with Gasteiger partial charge in [-0.05, 0) is 46.0 Å². The minimum Gasteiger partial charge on any atom is -0.459 e. The molecule has 0 unspecified atom stereocenters. The van der Waals surface area contributed by atoms with E-state index >= 15 is 0 Å². The molecule has 0 radical (unpaired) electrons. The van der Waals surface area contributed by atoms with Crippen LogP contribution in [0.4, 0.5) is 0 Å². The van der Waals surface area contributed by atoms with E-state index in [0.29, 0.717) is 5.92 Å². The van der Waals surface area contributed by atoms with Crippen molar-refractivity contribution in [1.29, 1.82) is 0 Å². The molecule has 1 aliphatic carbocycles. The summed E-state index contributed by atoms with van der Waals surface area (Å²) in [5.41, 5.74) is -0.368. The summed E-state index contributed by atoms with van der Waals surface area (Å²) in [5.74, 6) is 0.544. The molecule has 0 aromatic carbocycles. The Morgan fingerprint density at radius 3 is 2.75 bits per heavy atom. The maximum atomic E-state index is 11.6. The highest BCUT2D eigenvalue weighted by Gasteiger charge is 2.53. The van der Waals surface area contributed by atoms with Crippen molar-refractivity contribution in [3.63, 3.8) is 0 Å². The van der Waals surface area contributed by atoms with Gasteiger partial charge in [0.25, 0.3) is 0 Å². The molecule has 2 bridgehead atoms. The Bertz CT molecular complexity index is 232. The molecule has 0 spiro atoms. The smallest absolute Gasteiger partial charge is 0.312 e. The highest BCUT2D eigenvalue weighted by molar-refractivity contribution is 5.78. The van der Waals surface area contributed by atoms with Crippen molar-refractivity contribution in [2.45, 2.75) is 45.6 Å². The molecule has 0 aromatic rings. The molecule has 0 amide bonds. The average Bonchev–Trinajstić information content (AvgIpc) is 2.28. The van der Waals surface area contributed by atoms with Gasteiger partial charge in [-0.2, -0.15) is 0 Å². The summed E-state index contributed by atoms with van der Waals surface area (Å²) >= 11 is 0. The zero-order valence-electron chi connectivity index (χ0n) is 8.02. The van der Waals surface area contributed by atoms with Gasteiger partial charge < -0.3 is 4.74 Å². The summed E-state index contributed by atoms with van der Waals surface area (Å²) in [6.07, 6.45) is 3.26. The van der Waals surface area contributed by atoms with E-state index in [-0.39, 0.29) is 17.0 Å². The Labute approximate surface area is 73.3 Å². The lowest BCUT2D eigenvalue weighted by molar-refractivity contribution is -0.179. The third kappa shape index (κ3) is 0.900. The van der Waals surface area contributed by atoms with Crippen LogP contribution in [-0.4, -0.2) is 11.6 Å². The fraction of sp³-hybridized carbons (Fsp3) is 0.900. The van der Waals surface area contributed by atoms with Gasteiger partial charge in [0.1, 0.15) is 5.60 Å². The summed E-state index contributed by atoms with van der Waals surface area (Å²) in [5, 5.41) is 0. The van der Waals surface area contributed by atoms with E-state index in [0.717, 1.165) is 19.3 Å². The Morgan fingerprint density at radius 2 is 2.08 bits per heavy atom.